The quantitative estimate of drug-likeness (QED) is 0.193. The molecule has 9 aromatic rings. The van der Waals surface area contributed by atoms with Gasteiger partial charge in [-0.3, -0.25) is 0 Å². The lowest BCUT2D eigenvalue weighted by molar-refractivity contribution is 0.487. The van der Waals surface area contributed by atoms with Crippen LogP contribution in [0.4, 0.5) is 0 Å². The number of benzene rings is 9. The minimum atomic E-state index is -0.490. The van der Waals surface area contributed by atoms with Crippen molar-refractivity contribution in [3.63, 3.8) is 0 Å². The lowest BCUT2D eigenvalue weighted by Gasteiger charge is -2.22. The predicted octanol–water partition coefficient (Wildman–Crippen LogP) is 12.0. The Kier molecular flexibility index (Phi) is 3.16. The molecule has 1 aliphatic heterocycles. The Morgan fingerprint density at radius 1 is 0.395 bits per heavy atom. The van der Waals surface area contributed by atoms with Crippen molar-refractivity contribution >= 4 is 53.9 Å². The predicted molar refractivity (Wildman–Crippen MR) is 182 cm³/mol. The fraction of sp³-hybridized carbons (Fsp3) is 0. The highest BCUT2D eigenvalue weighted by Crippen LogP contribution is 2.48. The number of rotatable bonds is 2. The Hall–Kier alpha value is -5.66. The molecule has 10 rings (SSSR count). The molecule has 0 N–H and O–H groups in total. The monoisotopic (exact) mass is 553 g/mol. The summed E-state index contributed by atoms with van der Waals surface area (Å²) in [6.07, 6.45) is 0. The van der Waals surface area contributed by atoms with E-state index in [1.165, 1.54) is 0 Å². The molecule has 0 saturated heterocycles. The number of fused-ring (bicyclic) bond motifs is 3. The van der Waals surface area contributed by atoms with Crippen molar-refractivity contribution in [2.24, 2.45) is 0 Å². The van der Waals surface area contributed by atoms with Crippen LogP contribution in [0.25, 0.3) is 87.2 Å². The third kappa shape index (κ3) is 3.22. The molecular formula is C42H24O. The summed E-state index contributed by atoms with van der Waals surface area (Å²) in [7, 11) is 0. The Labute approximate surface area is 261 Å². The van der Waals surface area contributed by atoms with Gasteiger partial charge in [-0.25, -0.2) is 0 Å². The summed E-state index contributed by atoms with van der Waals surface area (Å²) in [5, 5.41) is 4.26. The highest BCUT2D eigenvalue weighted by atomic mass is 16.5. The van der Waals surface area contributed by atoms with Gasteiger partial charge in [0, 0.05) is 10.9 Å². The van der Waals surface area contributed by atoms with E-state index in [9.17, 15) is 2.74 Å². The zero-order valence-electron chi connectivity index (χ0n) is 31.6. The summed E-state index contributed by atoms with van der Waals surface area (Å²) in [6.45, 7) is 0. The molecule has 0 saturated carbocycles. The molecule has 198 valence electrons. The number of ether oxygens (including phenoxy) is 1. The minimum Gasteiger partial charge on any atom is -0.456 e. The van der Waals surface area contributed by atoms with Gasteiger partial charge in [0.05, 0.1) is 12.3 Å². The van der Waals surface area contributed by atoms with Gasteiger partial charge < -0.3 is 4.74 Å². The van der Waals surface area contributed by atoms with Crippen LogP contribution < -0.4 is 4.74 Å². The normalized spacial score (nSPS) is 15.3. The van der Waals surface area contributed by atoms with Gasteiger partial charge >= 0.3 is 0 Å². The molecule has 1 nitrogen and oxygen atoms in total. The molecule has 0 radical (unpaired) electrons. The van der Waals surface area contributed by atoms with E-state index < -0.39 is 24.2 Å². The molecule has 1 aliphatic rings. The van der Waals surface area contributed by atoms with Crippen molar-refractivity contribution in [2.45, 2.75) is 0 Å². The Bertz CT molecular complexity index is 3070. The van der Waals surface area contributed by atoms with Gasteiger partial charge in [0.15, 0.2) is 0 Å². The largest absolute Gasteiger partial charge is 0.456 e. The zero-order valence-corrected chi connectivity index (χ0v) is 22.6. The summed E-state index contributed by atoms with van der Waals surface area (Å²) < 4.78 is 86.3. The SMILES string of the molecule is [2H]c1c([2H])c2c([2H])c([2H])c3c([2H])c([2H])c(-c4ccc5cccc(-c6ccc7c(c6)-c6cccc8cccc(c68)O7)c5c4)c4c([2H])c([2H])c(c1[2H])c2c34. The Morgan fingerprint density at radius 3 is 1.98 bits per heavy atom. The second kappa shape index (κ2) is 8.44. The van der Waals surface area contributed by atoms with Crippen molar-refractivity contribution < 1.29 is 17.1 Å². The maximum absolute atomic E-state index is 9.26. The zero-order chi connectivity index (χ0) is 35.9. The van der Waals surface area contributed by atoms with Crippen molar-refractivity contribution in [2.75, 3.05) is 0 Å². The maximum Gasteiger partial charge on any atom is 0.135 e. The lowest BCUT2D eigenvalue weighted by Crippen LogP contribution is -1.97. The van der Waals surface area contributed by atoms with Crippen LogP contribution in [0, 0.1) is 0 Å². The second-order valence-electron chi connectivity index (χ2n) is 11.0. The average Bonchev–Trinajstić information content (AvgIpc) is 3.15. The van der Waals surface area contributed by atoms with Crippen molar-refractivity contribution in [1.29, 1.82) is 0 Å². The molecule has 43 heavy (non-hydrogen) atoms. The maximum atomic E-state index is 9.26. The van der Waals surface area contributed by atoms with E-state index in [1.807, 2.05) is 66.7 Å². The first-order valence-corrected chi connectivity index (χ1v) is 14.1. The third-order valence-electron chi connectivity index (χ3n) is 8.65. The molecular weight excluding hydrogens is 520 g/mol. The Balaban J connectivity index is 1.27. The highest BCUT2D eigenvalue weighted by Gasteiger charge is 2.21. The van der Waals surface area contributed by atoms with E-state index in [4.69, 9.17) is 14.3 Å². The summed E-state index contributed by atoms with van der Waals surface area (Å²) in [5.41, 5.74) is 4.66. The molecule has 9 aromatic carbocycles. The molecule has 0 spiro atoms. The van der Waals surface area contributed by atoms with E-state index in [2.05, 4.69) is 24.3 Å². The van der Waals surface area contributed by atoms with Crippen LogP contribution in [0.5, 0.6) is 11.5 Å². The van der Waals surface area contributed by atoms with Crippen LogP contribution >= 0.6 is 0 Å². The first-order chi connectivity index (χ1) is 25.1. The van der Waals surface area contributed by atoms with Gasteiger partial charge in [-0.05, 0) is 101 Å². The number of hydrogen-bond acceptors (Lipinski definition) is 1. The van der Waals surface area contributed by atoms with E-state index in [0.29, 0.717) is 5.56 Å². The molecule has 0 amide bonds. The van der Waals surface area contributed by atoms with Gasteiger partial charge in [-0.2, -0.15) is 0 Å². The van der Waals surface area contributed by atoms with Gasteiger partial charge in [0.1, 0.15) is 11.5 Å². The van der Waals surface area contributed by atoms with Crippen LogP contribution in [0.3, 0.4) is 0 Å². The second-order valence-corrected chi connectivity index (χ2v) is 11.0. The number of hydrogen-bond donors (Lipinski definition) is 0. The van der Waals surface area contributed by atoms with Crippen molar-refractivity contribution in [3.8, 4) is 44.9 Å². The van der Waals surface area contributed by atoms with Crippen molar-refractivity contribution in [3.05, 3.63) is 145 Å². The van der Waals surface area contributed by atoms with Crippen LogP contribution in [-0.2, 0) is 0 Å². The van der Waals surface area contributed by atoms with E-state index in [1.54, 1.807) is 0 Å². The Morgan fingerprint density at radius 2 is 1.09 bits per heavy atom. The first-order valence-electron chi connectivity index (χ1n) is 18.6. The summed E-state index contributed by atoms with van der Waals surface area (Å²) in [4.78, 5) is 0. The molecule has 0 bridgehead atoms. The summed E-state index contributed by atoms with van der Waals surface area (Å²) in [5.74, 6) is 1.57. The lowest BCUT2D eigenvalue weighted by atomic mass is 9.88. The minimum absolute atomic E-state index is 0.0365. The van der Waals surface area contributed by atoms with E-state index in [-0.39, 0.29) is 68.1 Å². The molecule has 0 unspecified atom stereocenters. The average molecular weight is 554 g/mol. The van der Waals surface area contributed by atoms with Gasteiger partial charge in [0.2, 0.25) is 0 Å². The van der Waals surface area contributed by atoms with E-state index in [0.717, 1.165) is 55.3 Å². The van der Waals surface area contributed by atoms with E-state index >= 15 is 0 Å². The molecule has 1 heteroatoms. The van der Waals surface area contributed by atoms with Crippen LogP contribution in [0.1, 0.15) is 12.3 Å². The molecule has 0 aliphatic carbocycles. The molecule has 1 heterocycles. The summed E-state index contributed by atoms with van der Waals surface area (Å²) >= 11 is 0. The molecule has 0 fully saturated rings. The van der Waals surface area contributed by atoms with Crippen LogP contribution in [-0.4, -0.2) is 0 Å². The van der Waals surface area contributed by atoms with Crippen LogP contribution in [0.15, 0.2) is 145 Å². The molecule has 0 atom stereocenters. The van der Waals surface area contributed by atoms with Crippen molar-refractivity contribution in [1.82, 2.24) is 0 Å². The van der Waals surface area contributed by atoms with Crippen LogP contribution in [0.2, 0.25) is 0 Å². The summed E-state index contributed by atoms with van der Waals surface area (Å²) in [6, 6.07) is 26.7. The standard InChI is InChI=1S/C42H24O/c1-6-27-14-15-29-17-20-33(35-21-18-28(7-1)40(27)42(29)35)30-16-13-25-5-2-10-32(36(25)23-30)31-19-22-38-37(24-31)34-11-3-8-26-9-4-12-39(43-38)41(26)34/h1-24H/i1D,6D,7D,14D,15D,17D,18D,20D,21D. The first kappa shape index (κ1) is 16.1. The van der Waals surface area contributed by atoms with Gasteiger partial charge in [0.25, 0.3) is 0 Å². The topological polar surface area (TPSA) is 9.23 Å². The smallest absolute Gasteiger partial charge is 0.135 e. The molecule has 0 aromatic heterocycles. The fourth-order valence-electron chi connectivity index (χ4n) is 6.69. The highest BCUT2D eigenvalue weighted by molar-refractivity contribution is 6.25. The third-order valence-corrected chi connectivity index (χ3v) is 8.65. The van der Waals surface area contributed by atoms with Gasteiger partial charge in [-0.15, -0.1) is 0 Å². The fourth-order valence-corrected chi connectivity index (χ4v) is 6.69. The van der Waals surface area contributed by atoms with Gasteiger partial charge in [-0.1, -0.05) is 121 Å².